The van der Waals surface area contributed by atoms with Crippen molar-refractivity contribution in [2.24, 2.45) is 0 Å². The van der Waals surface area contributed by atoms with Crippen molar-refractivity contribution < 1.29 is 50.7 Å². The van der Waals surface area contributed by atoms with Crippen LogP contribution in [0.5, 0.6) is 0 Å². The van der Waals surface area contributed by atoms with Crippen LogP contribution in [0.2, 0.25) is 0 Å². The zero-order chi connectivity index (χ0) is 30.5. The first-order valence-corrected chi connectivity index (χ1v) is 12.8. The van der Waals surface area contributed by atoms with E-state index in [-0.39, 0.29) is 19.6 Å². The topological polar surface area (TPSA) is 106 Å². The molecule has 1 amide bonds. The molecule has 2 aliphatic heterocycles. The fourth-order valence-electron chi connectivity index (χ4n) is 4.60. The number of fused-ring (bicyclic) bond motifs is 1. The molecule has 0 aromatic heterocycles. The van der Waals surface area contributed by atoms with Crippen molar-refractivity contribution in [3.63, 3.8) is 0 Å². The Morgan fingerprint density at radius 3 is 2.12 bits per heavy atom. The first-order chi connectivity index (χ1) is 18.9. The third-order valence-electron chi connectivity index (χ3n) is 7.74. The van der Waals surface area contributed by atoms with E-state index in [0.717, 1.165) is 17.9 Å². The smallest absolute Gasteiger partial charge is 0.480 e. The molecule has 0 spiro atoms. The van der Waals surface area contributed by atoms with Crippen molar-refractivity contribution in [1.82, 2.24) is 5.32 Å². The predicted octanol–water partition coefficient (Wildman–Crippen LogP) is 4.08. The summed E-state index contributed by atoms with van der Waals surface area (Å²) < 4.78 is 85.6. The molecule has 0 bridgehead atoms. The van der Waals surface area contributed by atoms with Crippen LogP contribution in [0, 0.1) is 11.6 Å². The number of benzene rings is 2. The maximum absolute atomic E-state index is 14.7. The van der Waals surface area contributed by atoms with Gasteiger partial charge in [0.1, 0.15) is 29.3 Å². The number of alkyl halides is 3. The lowest BCUT2D eigenvalue weighted by Crippen LogP contribution is -2.43. The van der Waals surface area contributed by atoms with Crippen LogP contribution in [-0.4, -0.2) is 53.6 Å². The molecule has 4 rings (SSSR count). The van der Waals surface area contributed by atoms with Gasteiger partial charge in [-0.05, 0) is 68.9 Å². The van der Waals surface area contributed by atoms with Gasteiger partial charge in [0, 0.05) is 12.1 Å². The van der Waals surface area contributed by atoms with E-state index >= 15 is 0 Å². The number of carboxylic acid groups (broad SMARTS) is 1. The largest absolute Gasteiger partial charge is 0.495 e. The highest BCUT2D eigenvalue weighted by molar-refractivity contribution is 6.62. The lowest BCUT2D eigenvalue weighted by Gasteiger charge is -2.32. The van der Waals surface area contributed by atoms with Gasteiger partial charge in [-0.1, -0.05) is 12.1 Å². The quantitative estimate of drug-likeness (QED) is 0.317. The molecule has 2 unspecified atom stereocenters. The number of carboxylic acids is 1. The zero-order valence-electron chi connectivity index (χ0n) is 23.0. The lowest BCUT2D eigenvalue weighted by molar-refractivity contribution is -0.139. The predicted molar refractivity (Wildman–Crippen MR) is 139 cm³/mol. The summed E-state index contributed by atoms with van der Waals surface area (Å²) in [5.74, 6) is -5.74. The molecule has 2 aliphatic rings. The highest BCUT2D eigenvalue weighted by Gasteiger charge is 2.52. The molecule has 2 heterocycles. The molecule has 0 saturated carbocycles. The average molecular weight is 584 g/mol. The Hall–Kier alpha value is -3.23. The minimum absolute atomic E-state index is 0.173. The summed E-state index contributed by atoms with van der Waals surface area (Å²) in [5, 5.41) is 13.8. The minimum atomic E-state index is -4.68. The summed E-state index contributed by atoms with van der Waals surface area (Å²) in [6.45, 7) is 8.82. The van der Waals surface area contributed by atoms with Gasteiger partial charge in [-0.15, -0.1) is 0 Å². The Morgan fingerprint density at radius 1 is 1.02 bits per heavy atom. The number of carbonyl (C=O) groups excluding carboxylic acids is 1. The molecule has 1 fully saturated rings. The third-order valence-corrected chi connectivity index (χ3v) is 7.74. The van der Waals surface area contributed by atoms with Crippen LogP contribution in [0.25, 0.3) is 0 Å². The van der Waals surface area contributed by atoms with Gasteiger partial charge in [0.25, 0.3) is 5.91 Å². The number of amides is 1. The normalized spacial score (nSPS) is 19.0. The van der Waals surface area contributed by atoms with Crippen LogP contribution in [0.4, 0.5) is 27.6 Å². The van der Waals surface area contributed by atoms with E-state index in [1.54, 1.807) is 12.1 Å². The number of anilines is 1. The number of ether oxygens (including phenoxy) is 1. The number of halogens is 5. The number of hydrogen-bond acceptors (Lipinski definition) is 6. The van der Waals surface area contributed by atoms with Crippen molar-refractivity contribution >= 4 is 30.1 Å². The summed E-state index contributed by atoms with van der Waals surface area (Å²) >= 11 is 0. The van der Waals surface area contributed by atoms with E-state index < -0.39 is 71.3 Å². The van der Waals surface area contributed by atoms with E-state index in [9.17, 15) is 36.6 Å². The molecule has 3 N–H and O–H groups in total. The SMILES string of the molecule is CC(Nc1cc(F)c(C(=O)NC(Cc2ccc(B3OC(C)(C)C(C)(C)O3)c3c2COC3)C(=O)O)c(F)c1)C(F)(F)F. The van der Waals surface area contributed by atoms with Crippen LogP contribution in [0.1, 0.15) is 61.7 Å². The molecule has 2 atom stereocenters. The van der Waals surface area contributed by atoms with Crippen molar-refractivity contribution in [1.29, 1.82) is 0 Å². The molecule has 2 aromatic rings. The number of hydrogen-bond donors (Lipinski definition) is 3. The van der Waals surface area contributed by atoms with Gasteiger partial charge in [0.05, 0.1) is 24.4 Å². The van der Waals surface area contributed by atoms with E-state index in [4.69, 9.17) is 14.0 Å². The van der Waals surface area contributed by atoms with Gasteiger partial charge < -0.3 is 29.8 Å². The highest BCUT2D eigenvalue weighted by Crippen LogP contribution is 2.37. The van der Waals surface area contributed by atoms with Crippen molar-refractivity contribution in [3.8, 4) is 0 Å². The molecule has 2 aromatic carbocycles. The first kappa shape index (κ1) is 30.7. The molecule has 222 valence electrons. The zero-order valence-corrected chi connectivity index (χ0v) is 23.0. The Bertz CT molecular complexity index is 1330. The molecule has 41 heavy (non-hydrogen) atoms. The average Bonchev–Trinajstić information content (AvgIpc) is 3.39. The number of nitrogens with one attached hydrogen (secondary N) is 2. The van der Waals surface area contributed by atoms with Crippen LogP contribution < -0.4 is 16.1 Å². The van der Waals surface area contributed by atoms with Crippen LogP contribution in [0.3, 0.4) is 0 Å². The first-order valence-electron chi connectivity index (χ1n) is 12.8. The monoisotopic (exact) mass is 584 g/mol. The van der Waals surface area contributed by atoms with Crippen LogP contribution in [-0.2, 0) is 38.5 Å². The highest BCUT2D eigenvalue weighted by atomic mass is 19.4. The number of rotatable bonds is 8. The summed E-state index contributed by atoms with van der Waals surface area (Å²) in [4.78, 5) is 24.8. The number of aliphatic carboxylic acids is 1. The van der Waals surface area contributed by atoms with Crippen LogP contribution in [0.15, 0.2) is 24.3 Å². The van der Waals surface area contributed by atoms with Gasteiger partial charge in [-0.2, -0.15) is 13.2 Å². The summed E-state index contributed by atoms with van der Waals surface area (Å²) in [5.41, 5.74) is -0.0948. The second-order valence-corrected chi connectivity index (χ2v) is 11.1. The standard InChI is InChI=1S/C27H30BF5N2O6/c1-13(27(31,32)33)34-15-9-19(29)22(20(30)10-15)23(36)35-21(24(37)38)8-14-6-7-18(17-12-39-11-16(14)17)28-40-25(2,3)26(4,5)41-28/h6-7,9-10,13,21,34H,8,11-12H2,1-5H3,(H,35,36)(H,37,38). The second-order valence-electron chi connectivity index (χ2n) is 11.1. The molecule has 1 saturated heterocycles. The summed E-state index contributed by atoms with van der Waals surface area (Å²) in [6, 6.07) is 0.776. The Labute approximate surface area is 233 Å². The number of carbonyl (C=O) groups is 2. The fourth-order valence-corrected chi connectivity index (χ4v) is 4.60. The Balaban J connectivity index is 1.54. The maximum Gasteiger partial charge on any atom is 0.495 e. The summed E-state index contributed by atoms with van der Waals surface area (Å²) in [7, 11) is -0.679. The lowest BCUT2D eigenvalue weighted by atomic mass is 9.74. The molecular formula is C27H30BF5N2O6. The van der Waals surface area contributed by atoms with Crippen molar-refractivity contribution in [3.05, 3.63) is 58.2 Å². The molecular weight excluding hydrogens is 554 g/mol. The van der Waals surface area contributed by atoms with Crippen LogP contribution >= 0.6 is 0 Å². The minimum Gasteiger partial charge on any atom is -0.480 e. The fraction of sp³-hybridized carbons (Fsp3) is 0.481. The molecule has 0 radical (unpaired) electrons. The van der Waals surface area contributed by atoms with E-state index in [1.165, 1.54) is 0 Å². The van der Waals surface area contributed by atoms with Gasteiger partial charge in [-0.25, -0.2) is 13.6 Å². The molecule has 8 nitrogen and oxygen atoms in total. The van der Waals surface area contributed by atoms with Gasteiger partial charge in [-0.3, -0.25) is 4.79 Å². The Kier molecular flexibility index (Phi) is 8.15. The van der Waals surface area contributed by atoms with Gasteiger partial charge in [0.2, 0.25) is 0 Å². The molecule has 14 heteroatoms. The van der Waals surface area contributed by atoms with Gasteiger partial charge in [0.15, 0.2) is 0 Å². The third kappa shape index (κ3) is 6.19. The Morgan fingerprint density at radius 2 is 1.59 bits per heavy atom. The maximum atomic E-state index is 14.7. The second kappa shape index (κ2) is 10.9. The summed E-state index contributed by atoms with van der Waals surface area (Å²) in [6.07, 6.45) is -4.91. The van der Waals surface area contributed by atoms with E-state index in [1.807, 2.05) is 33.0 Å². The molecule has 0 aliphatic carbocycles. The van der Waals surface area contributed by atoms with E-state index in [2.05, 4.69) is 5.32 Å². The van der Waals surface area contributed by atoms with Crippen molar-refractivity contribution in [2.75, 3.05) is 5.32 Å². The van der Waals surface area contributed by atoms with Crippen molar-refractivity contribution in [2.45, 2.75) is 83.7 Å². The van der Waals surface area contributed by atoms with E-state index in [0.29, 0.717) is 23.3 Å². The van der Waals surface area contributed by atoms with Gasteiger partial charge >= 0.3 is 19.3 Å².